The van der Waals surface area contributed by atoms with Crippen LogP contribution in [0.4, 0.5) is 4.79 Å². The second kappa shape index (κ2) is 7.98. The number of rotatable bonds is 4. The Hall–Kier alpha value is -2.68. The predicted octanol–water partition coefficient (Wildman–Crippen LogP) is 3.02. The average molecular weight is 402 g/mol. The van der Waals surface area contributed by atoms with E-state index in [1.807, 2.05) is 26.8 Å². The summed E-state index contributed by atoms with van der Waals surface area (Å²) in [5.41, 5.74) is 0.253. The molecule has 0 aliphatic carbocycles. The summed E-state index contributed by atoms with van der Waals surface area (Å²) >= 11 is 0. The molecule has 9 heteroatoms. The largest absolute Gasteiger partial charge is 0.469 e. The number of piperidine rings is 1. The normalized spacial score (nSPS) is 18.4. The third-order valence-corrected chi connectivity index (χ3v) is 4.83. The first kappa shape index (κ1) is 19.6. The smallest absolute Gasteiger partial charge is 0.410 e. The highest BCUT2D eigenvalue weighted by Crippen LogP contribution is 2.29. The third kappa shape index (κ3) is 4.84. The van der Waals surface area contributed by atoms with E-state index in [2.05, 4.69) is 15.1 Å². The lowest BCUT2D eigenvalue weighted by molar-refractivity contribution is -0.0813. The van der Waals surface area contributed by atoms with Gasteiger partial charge in [0, 0.05) is 31.3 Å². The Morgan fingerprint density at radius 3 is 2.55 bits per heavy atom. The van der Waals surface area contributed by atoms with Gasteiger partial charge in [-0.2, -0.15) is 4.98 Å². The molecule has 4 heterocycles. The molecule has 2 aliphatic rings. The van der Waals surface area contributed by atoms with Gasteiger partial charge >= 0.3 is 6.09 Å². The Labute approximate surface area is 169 Å². The quantitative estimate of drug-likeness (QED) is 0.769. The molecule has 1 amide bonds. The topological polar surface area (TPSA) is 99.8 Å². The molecule has 9 nitrogen and oxygen atoms in total. The van der Waals surface area contributed by atoms with Crippen LogP contribution in [0.5, 0.6) is 5.88 Å². The molecule has 2 aromatic rings. The van der Waals surface area contributed by atoms with Crippen LogP contribution < -0.4 is 4.74 Å². The van der Waals surface area contributed by atoms with Crippen LogP contribution in [0.3, 0.4) is 0 Å². The van der Waals surface area contributed by atoms with Crippen molar-refractivity contribution >= 4 is 6.09 Å². The molecule has 2 saturated heterocycles. The number of aromatic nitrogens is 3. The maximum Gasteiger partial charge on any atom is 0.410 e. The van der Waals surface area contributed by atoms with Gasteiger partial charge in [0.15, 0.2) is 5.82 Å². The zero-order valence-electron chi connectivity index (χ0n) is 17.0. The Balaban J connectivity index is 1.33. The predicted molar refractivity (Wildman–Crippen MR) is 103 cm³/mol. The van der Waals surface area contributed by atoms with Crippen molar-refractivity contribution < 1.29 is 23.5 Å². The number of amides is 1. The van der Waals surface area contributed by atoms with Crippen LogP contribution in [-0.2, 0) is 9.47 Å². The molecular weight excluding hydrogens is 376 g/mol. The fourth-order valence-corrected chi connectivity index (χ4v) is 3.19. The highest BCUT2D eigenvalue weighted by atomic mass is 16.6. The fraction of sp³-hybridized carbons (Fsp3) is 0.600. The van der Waals surface area contributed by atoms with Crippen molar-refractivity contribution in [1.29, 1.82) is 0 Å². The first-order valence-electron chi connectivity index (χ1n) is 9.90. The van der Waals surface area contributed by atoms with E-state index in [1.54, 1.807) is 17.2 Å². The third-order valence-electron chi connectivity index (χ3n) is 4.83. The van der Waals surface area contributed by atoms with E-state index < -0.39 is 5.60 Å². The molecule has 0 saturated carbocycles. The van der Waals surface area contributed by atoms with Crippen molar-refractivity contribution in [3.63, 3.8) is 0 Å². The molecule has 0 N–H and O–H groups in total. The minimum absolute atomic E-state index is 0.0786. The molecular formula is C20H26N4O5. The van der Waals surface area contributed by atoms with Gasteiger partial charge in [0.25, 0.3) is 5.89 Å². The molecule has 2 fully saturated rings. The van der Waals surface area contributed by atoms with Crippen LogP contribution in [0.25, 0.3) is 11.5 Å². The second-order valence-electron chi connectivity index (χ2n) is 8.36. The minimum atomic E-state index is -0.489. The number of carbonyl (C=O) groups excluding carboxylic acids is 1. The van der Waals surface area contributed by atoms with E-state index in [4.69, 9.17) is 18.7 Å². The maximum atomic E-state index is 12.2. The molecule has 29 heavy (non-hydrogen) atoms. The van der Waals surface area contributed by atoms with Gasteiger partial charge in [-0.25, -0.2) is 9.78 Å². The van der Waals surface area contributed by atoms with Gasteiger partial charge in [0.2, 0.25) is 5.88 Å². The lowest BCUT2D eigenvalue weighted by Crippen LogP contribution is -2.41. The molecule has 2 aromatic heterocycles. The van der Waals surface area contributed by atoms with E-state index in [9.17, 15) is 4.79 Å². The van der Waals surface area contributed by atoms with Gasteiger partial charge in [0.05, 0.1) is 18.8 Å². The molecule has 156 valence electrons. The van der Waals surface area contributed by atoms with Crippen molar-refractivity contribution in [1.82, 2.24) is 20.0 Å². The Morgan fingerprint density at radius 2 is 1.97 bits per heavy atom. The lowest BCUT2D eigenvalue weighted by Gasteiger charge is -2.32. The van der Waals surface area contributed by atoms with Gasteiger partial charge in [-0.3, -0.25) is 0 Å². The van der Waals surface area contributed by atoms with Crippen molar-refractivity contribution in [2.24, 2.45) is 0 Å². The van der Waals surface area contributed by atoms with E-state index in [-0.39, 0.29) is 18.1 Å². The SMILES string of the molecule is CC(C)(C)OC(=O)N1CCC(c2noc(-c3ccc(OC4COC4)nc3)n2)CC1. The van der Waals surface area contributed by atoms with E-state index in [1.165, 1.54) is 0 Å². The van der Waals surface area contributed by atoms with Crippen LogP contribution >= 0.6 is 0 Å². The molecule has 4 rings (SSSR count). The van der Waals surface area contributed by atoms with Crippen LogP contribution in [0.1, 0.15) is 45.4 Å². The zero-order valence-corrected chi connectivity index (χ0v) is 17.0. The van der Waals surface area contributed by atoms with Crippen molar-refractivity contribution in [3.8, 4) is 17.3 Å². The molecule has 0 radical (unpaired) electrons. The van der Waals surface area contributed by atoms with Crippen molar-refractivity contribution in [2.75, 3.05) is 26.3 Å². The van der Waals surface area contributed by atoms with Gasteiger partial charge in [-0.15, -0.1) is 0 Å². The van der Waals surface area contributed by atoms with Crippen molar-refractivity contribution in [2.45, 2.75) is 51.2 Å². The lowest BCUT2D eigenvalue weighted by atomic mass is 9.96. The summed E-state index contributed by atoms with van der Waals surface area (Å²) in [5, 5.41) is 4.14. The molecule has 0 bridgehead atoms. The van der Waals surface area contributed by atoms with Crippen LogP contribution in [0.15, 0.2) is 22.9 Å². The van der Waals surface area contributed by atoms with Gasteiger partial charge in [-0.05, 0) is 39.7 Å². The number of ether oxygens (including phenoxy) is 3. The summed E-state index contributed by atoms with van der Waals surface area (Å²) in [4.78, 5) is 22.8. The van der Waals surface area contributed by atoms with Gasteiger partial charge in [-0.1, -0.05) is 5.16 Å². The summed E-state index contributed by atoms with van der Waals surface area (Å²) in [6.07, 6.45) is 3.01. The van der Waals surface area contributed by atoms with Crippen LogP contribution in [-0.4, -0.2) is 64.1 Å². The molecule has 0 unspecified atom stereocenters. The fourth-order valence-electron chi connectivity index (χ4n) is 3.19. The number of pyridine rings is 1. The number of hydrogen-bond donors (Lipinski definition) is 0. The minimum Gasteiger partial charge on any atom is -0.469 e. The highest BCUT2D eigenvalue weighted by Gasteiger charge is 2.29. The molecule has 0 spiro atoms. The monoisotopic (exact) mass is 402 g/mol. The average Bonchev–Trinajstić information content (AvgIpc) is 3.14. The van der Waals surface area contributed by atoms with E-state index in [0.717, 1.165) is 18.4 Å². The van der Waals surface area contributed by atoms with E-state index in [0.29, 0.717) is 43.9 Å². The molecule has 0 aromatic carbocycles. The standard InChI is InChI=1S/C20H26N4O5/c1-20(2,3)28-19(25)24-8-6-13(7-9-24)17-22-18(29-23-17)14-4-5-16(21-10-14)27-15-11-26-12-15/h4-5,10,13,15H,6-9,11-12H2,1-3H3. The number of nitrogens with zero attached hydrogens (tertiary/aromatic N) is 4. The summed E-state index contributed by atoms with van der Waals surface area (Å²) in [5.74, 6) is 1.80. The van der Waals surface area contributed by atoms with Crippen LogP contribution in [0, 0.1) is 0 Å². The summed E-state index contributed by atoms with van der Waals surface area (Å²) in [7, 11) is 0. The zero-order chi connectivity index (χ0) is 20.4. The Kier molecular flexibility index (Phi) is 5.40. The first-order chi connectivity index (χ1) is 13.9. The van der Waals surface area contributed by atoms with E-state index >= 15 is 0 Å². The van der Waals surface area contributed by atoms with Gasteiger partial charge < -0.3 is 23.6 Å². The summed E-state index contributed by atoms with van der Waals surface area (Å²) in [6, 6.07) is 3.64. The Morgan fingerprint density at radius 1 is 1.21 bits per heavy atom. The summed E-state index contributed by atoms with van der Waals surface area (Å²) in [6.45, 7) is 8.03. The van der Waals surface area contributed by atoms with Crippen LogP contribution in [0.2, 0.25) is 0 Å². The number of likely N-dealkylation sites (tertiary alicyclic amines) is 1. The summed E-state index contributed by atoms with van der Waals surface area (Å²) < 4.78 is 21.6. The number of carbonyl (C=O) groups is 1. The first-order valence-corrected chi connectivity index (χ1v) is 9.90. The maximum absolute atomic E-state index is 12.2. The van der Waals surface area contributed by atoms with Gasteiger partial charge in [0.1, 0.15) is 11.7 Å². The highest BCUT2D eigenvalue weighted by molar-refractivity contribution is 5.68. The molecule has 0 atom stereocenters. The van der Waals surface area contributed by atoms with Crippen molar-refractivity contribution in [3.05, 3.63) is 24.2 Å². The molecule has 2 aliphatic heterocycles. The second-order valence-corrected chi connectivity index (χ2v) is 8.36. The Bertz CT molecular complexity index is 833. The number of hydrogen-bond acceptors (Lipinski definition) is 8.